The maximum absolute atomic E-state index is 13.0. The second-order valence-corrected chi connectivity index (χ2v) is 7.21. The van der Waals surface area contributed by atoms with Crippen LogP contribution in [0, 0.1) is 13.8 Å². The summed E-state index contributed by atoms with van der Waals surface area (Å²) in [5.74, 6) is -0.974. The van der Waals surface area contributed by atoms with Crippen LogP contribution in [0.4, 0.5) is 5.69 Å². The molecule has 0 aliphatic heterocycles. The molecule has 0 radical (unpaired) electrons. The van der Waals surface area contributed by atoms with Gasteiger partial charge in [-0.05, 0) is 50.1 Å². The minimum absolute atomic E-state index is 0.160. The van der Waals surface area contributed by atoms with Gasteiger partial charge in [-0.3, -0.25) is 14.5 Å². The highest BCUT2D eigenvalue weighted by Gasteiger charge is 2.31. The average molecular weight is 410 g/mol. The molecule has 144 valence electrons. The maximum Gasteiger partial charge on any atom is 0.328 e. The van der Waals surface area contributed by atoms with E-state index in [0.29, 0.717) is 16.3 Å². The normalized spacial score (nSPS) is 11.7. The third kappa shape index (κ3) is 4.73. The van der Waals surface area contributed by atoms with Crippen LogP contribution in [0.1, 0.15) is 28.6 Å². The van der Waals surface area contributed by atoms with Gasteiger partial charge in [0.1, 0.15) is 6.04 Å². The lowest BCUT2D eigenvalue weighted by Gasteiger charge is -2.30. The first-order chi connectivity index (χ1) is 12.8. The Morgan fingerprint density at radius 3 is 2.56 bits per heavy atom. The van der Waals surface area contributed by atoms with Crippen molar-refractivity contribution in [2.75, 3.05) is 17.8 Å². The molecule has 0 saturated heterocycles. The first kappa shape index (κ1) is 21.1. The number of amides is 1. The predicted molar refractivity (Wildman–Crippen MR) is 105 cm³/mol. The van der Waals surface area contributed by atoms with E-state index in [-0.39, 0.29) is 16.6 Å². The number of anilines is 1. The summed E-state index contributed by atoms with van der Waals surface area (Å²) < 4.78 is 9.85. The maximum atomic E-state index is 13.0. The molecule has 0 N–H and O–H groups in total. The molecule has 1 amide bonds. The fraction of sp³-hybridized carbons (Fsp3) is 0.316. The molecule has 0 spiro atoms. The molecule has 0 bridgehead atoms. The van der Waals surface area contributed by atoms with Crippen LogP contribution >= 0.6 is 23.4 Å². The van der Waals surface area contributed by atoms with Crippen molar-refractivity contribution in [3.8, 4) is 0 Å². The Balaban J connectivity index is 2.33. The summed E-state index contributed by atoms with van der Waals surface area (Å²) in [5.41, 5.74) is 1.99. The molecule has 1 aromatic heterocycles. The van der Waals surface area contributed by atoms with Gasteiger partial charge in [0.15, 0.2) is 5.76 Å². The van der Waals surface area contributed by atoms with Gasteiger partial charge in [-0.1, -0.05) is 29.4 Å². The number of hydrogen-bond donors (Lipinski definition) is 0. The fourth-order valence-electron chi connectivity index (χ4n) is 2.65. The zero-order valence-corrected chi connectivity index (χ0v) is 17.0. The van der Waals surface area contributed by atoms with Crippen LogP contribution < -0.4 is 4.90 Å². The van der Waals surface area contributed by atoms with Gasteiger partial charge < -0.3 is 9.15 Å². The molecule has 2 aromatic rings. The third-order valence-corrected chi connectivity index (χ3v) is 5.32. The predicted octanol–water partition coefficient (Wildman–Crippen LogP) is 4.02. The van der Waals surface area contributed by atoms with E-state index >= 15 is 0 Å². The Bertz CT molecular complexity index is 850. The lowest BCUT2D eigenvalue weighted by atomic mass is 10.1. The molecule has 0 aliphatic carbocycles. The quantitative estimate of drug-likeness (QED) is 0.670. The number of ether oxygens (including phenoxy) is 1. The summed E-state index contributed by atoms with van der Waals surface area (Å²) >= 11 is 7.03. The van der Waals surface area contributed by atoms with Crippen LogP contribution in [-0.4, -0.2) is 35.9 Å². The summed E-state index contributed by atoms with van der Waals surface area (Å²) in [5, 5.41) is 0.114. The van der Waals surface area contributed by atoms with E-state index in [1.807, 2.05) is 6.92 Å². The largest absolute Gasteiger partial charge is 0.467 e. The van der Waals surface area contributed by atoms with Gasteiger partial charge in [0.2, 0.25) is 5.91 Å². The highest BCUT2D eigenvalue weighted by molar-refractivity contribution is 8.14. The van der Waals surface area contributed by atoms with Crippen LogP contribution in [0.2, 0.25) is 5.02 Å². The Morgan fingerprint density at radius 1 is 1.26 bits per heavy atom. The van der Waals surface area contributed by atoms with Crippen molar-refractivity contribution in [2.45, 2.75) is 26.8 Å². The van der Waals surface area contributed by atoms with Crippen molar-refractivity contribution in [2.24, 2.45) is 0 Å². The number of hydrogen-bond acceptors (Lipinski definition) is 6. The third-order valence-electron chi connectivity index (χ3n) is 4.05. The molecular weight excluding hydrogens is 390 g/mol. The molecular formula is C19H20ClNO5S. The van der Waals surface area contributed by atoms with E-state index in [1.165, 1.54) is 24.3 Å². The Labute approximate surface area is 166 Å². The number of furan rings is 1. The second kappa shape index (κ2) is 9.10. The number of halogens is 1. The van der Waals surface area contributed by atoms with Crippen LogP contribution in [0.3, 0.4) is 0 Å². The molecule has 6 nitrogen and oxygen atoms in total. The number of nitrogens with zero attached hydrogens (tertiary/aromatic N) is 1. The zero-order chi connectivity index (χ0) is 20.1. The average Bonchev–Trinajstić information content (AvgIpc) is 3.19. The van der Waals surface area contributed by atoms with Crippen LogP contribution in [0.25, 0.3) is 0 Å². The van der Waals surface area contributed by atoms with Crippen molar-refractivity contribution in [1.82, 2.24) is 0 Å². The molecule has 8 heteroatoms. The molecule has 0 fully saturated rings. The van der Waals surface area contributed by atoms with E-state index in [1.54, 1.807) is 32.0 Å². The van der Waals surface area contributed by atoms with Gasteiger partial charge in [0.25, 0.3) is 5.12 Å². The van der Waals surface area contributed by atoms with E-state index in [4.69, 9.17) is 20.8 Å². The van der Waals surface area contributed by atoms with Crippen molar-refractivity contribution in [3.05, 3.63) is 52.4 Å². The second-order valence-electron chi connectivity index (χ2n) is 5.85. The van der Waals surface area contributed by atoms with E-state index < -0.39 is 17.9 Å². The molecule has 1 atom stereocenters. The number of carbonyl (C=O) groups is 3. The Hall–Kier alpha value is -2.25. The minimum Gasteiger partial charge on any atom is -0.467 e. The minimum atomic E-state index is -0.877. The summed E-state index contributed by atoms with van der Waals surface area (Å²) in [4.78, 5) is 38.5. The molecule has 1 unspecified atom stereocenters. The number of thioether (sulfide) groups is 1. The van der Waals surface area contributed by atoms with E-state index in [0.717, 1.165) is 17.3 Å². The topological polar surface area (TPSA) is 76.8 Å². The first-order valence-corrected chi connectivity index (χ1v) is 9.50. The Kier molecular flexibility index (Phi) is 7.10. The summed E-state index contributed by atoms with van der Waals surface area (Å²) in [6.07, 6.45) is 1.39. The highest BCUT2D eigenvalue weighted by atomic mass is 35.5. The number of rotatable bonds is 6. The molecule has 0 aliphatic rings. The summed E-state index contributed by atoms with van der Waals surface area (Å²) in [6, 6.07) is 5.75. The monoisotopic (exact) mass is 409 g/mol. The number of esters is 1. The van der Waals surface area contributed by atoms with Crippen LogP contribution in [0.5, 0.6) is 0 Å². The van der Waals surface area contributed by atoms with Crippen molar-refractivity contribution < 1.29 is 23.5 Å². The van der Waals surface area contributed by atoms with Crippen molar-refractivity contribution in [1.29, 1.82) is 0 Å². The van der Waals surface area contributed by atoms with Gasteiger partial charge in [0, 0.05) is 5.02 Å². The number of carbonyl (C=O) groups excluding carboxylic acids is 3. The molecule has 27 heavy (non-hydrogen) atoms. The zero-order valence-electron chi connectivity index (χ0n) is 15.4. The van der Waals surface area contributed by atoms with Gasteiger partial charge in [0.05, 0.1) is 24.8 Å². The number of aryl methyl sites for hydroxylation is 1. The molecule has 0 saturated carbocycles. The van der Waals surface area contributed by atoms with Gasteiger partial charge >= 0.3 is 5.97 Å². The van der Waals surface area contributed by atoms with Gasteiger partial charge in [-0.25, -0.2) is 4.79 Å². The number of benzene rings is 1. The van der Waals surface area contributed by atoms with Gasteiger partial charge in [-0.15, -0.1) is 0 Å². The van der Waals surface area contributed by atoms with Crippen LogP contribution in [-0.2, 0) is 14.3 Å². The van der Waals surface area contributed by atoms with Crippen molar-refractivity contribution >= 4 is 46.0 Å². The van der Waals surface area contributed by atoms with E-state index in [9.17, 15) is 14.4 Å². The lowest BCUT2D eigenvalue weighted by Crippen LogP contribution is -2.45. The molecule has 1 heterocycles. The first-order valence-electron chi connectivity index (χ1n) is 8.14. The summed E-state index contributed by atoms with van der Waals surface area (Å²) in [7, 11) is 1.26. The standard InChI is InChI=1S/C19H20ClNO5S/c1-11-7-8-14(20)12(2)17(11)21(13(3)18(23)25-4)16(22)10-27-19(24)15-6-5-9-26-15/h5-9,13H,10H2,1-4H3. The van der Waals surface area contributed by atoms with Crippen LogP contribution in [0.15, 0.2) is 34.9 Å². The van der Waals surface area contributed by atoms with Gasteiger partial charge in [-0.2, -0.15) is 0 Å². The van der Waals surface area contributed by atoms with Crippen molar-refractivity contribution in [3.63, 3.8) is 0 Å². The summed E-state index contributed by atoms with van der Waals surface area (Å²) in [6.45, 7) is 5.17. The SMILES string of the molecule is COC(=O)C(C)N(C(=O)CSC(=O)c1ccco1)c1c(C)ccc(Cl)c1C. The highest BCUT2D eigenvalue weighted by Crippen LogP contribution is 2.32. The number of methoxy groups -OCH3 is 1. The molecule has 2 rings (SSSR count). The fourth-order valence-corrected chi connectivity index (χ4v) is 3.46. The molecule has 1 aromatic carbocycles. The lowest BCUT2D eigenvalue weighted by molar-refractivity contribution is -0.142. The Morgan fingerprint density at radius 2 is 1.96 bits per heavy atom. The van der Waals surface area contributed by atoms with E-state index in [2.05, 4.69) is 0 Å². The smallest absolute Gasteiger partial charge is 0.328 e.